The van der Waals surface area contributed by atoms with Crippen molar-refractivity contribution in [1.29, 1.82) is 0 Å². The Balaban J connectivity index is 1.78. The maximum Gasteiger partial charge on any atom is 0.0698 e. The van der Waals surface area contributed by atoms with E-state index >= 15 is 0 Å². The lowest BCUT2D eigenvalue weighted by molar-refractivity contribution is -0.0233. The molecule has 2 fully saturated rings. The van der Waals surface area contributed by atoms with Crippen LogP contribution in [0.2, 0.25) is 0 Å². The fourth-order valence-electron chi connectivity index (χ4n) is 3.17. The number of nitrogens with one attached hydrogen (secondary N) is 1. The Bertz CT molecular complexity index is 262. The van der Waals surface area contributed by atoms with Crippen molar-refractivity contribution in [3.63, 3.8) is 0 Å². The minimum Gasteiger partial charge on any atom is -0.380 e. The average molecular weight is 254 g/mol. The molecule has 3 unspecified atom stereocenters. The van der Waals surface area contributed by atoms with Crippen LogP contribution in [0.25, 0.3) is 0 Å². The fourth-order valence-corrected chi connectivity index (χ4v) is 3.17. The van der Waals surface area contributed by atoms with E-state index in [1.165, 1.54) is 38.8 Å². The second-order valence-corrected chi connectivity index (χ2v) is 7.03. The molecule has 1 aliphatic heterocycles. The summed E-state index contributed by atoms with van der Waals surface area (Å²) in [5, 5.41) is 3.66. The molecule has 3 heteroatoms. The Hall–Kier alpha value is -0.120. The summed E-state index contributed by atoms with van der Waals surface area (Å²) in [5.41, 5.74) is 0.247. The van der Waals surface area contributed by atoms with E-state index in [1.54, 1.807) is 0 Å². The van der Waals surface area contributed by atoms with Crippen molar-refractivity contribution in [2.75, 3.05) is 26.7 Å². The molecule has 0 radical (unpaired) electrons. The summed E-state index contributed by atoms with van der Waals surface area (Å²) < 4.78 is 5.53. The topological polar surface area (TPSA) is 24.5 Å². The predicted molar refractivity (Wildman–Crippen MR) is 75.9 cm³/mol. The zero-order chi connectivity index (χ0) is 13.2. The Morgan fingerprint density at radius 3 is 2.56 bits per heavy atom. The first-order valence-corrected chi connectivity index (χ1v) is 7.51. The molecule has 0 aromatic heterocycles. The lowest BCUT2D eigenvalue weighted by atomic mass is 9.77. The number of ether oxygens (including phenoxy) is 1. The molecular weight excluding hydrogens is 224 g/mol. The van der Waals surface area contributed by atoms with Gasteiger partial charge < -0.3 is 10.1 Å². The minimum atomic E-state index is 0.247. The third kappa shape index (κ3) is 3.69. The molecule has 1 saturated heterocycles. The highest BCUT2D eigenvalue weighted by Crippen LogP contribution is 2.34. The number of piperidine rings is 1. The Morgan fingerprint density at radius 1 is 1.22 bits per heavy atom. The largest absolute Gasteiger partial charge is 0.380 e. The van der Waals surface area contributed by atoms with Gasteiger partial charge in [0.15, 0.2) is 0 Å². The lowest BCUT2D eigenvalue weighted by Crippen LogP contribution is -2.55. The van der Waals surface area contributed by atoms with Crippen LogP contribution in [-0.2, 0) is 4.74 Å². The van der Waals surface area contributed by atoms with E-state index in [0.29, 0.717) is 6.10 Å². The van der Waals surface area contributed by atoms with Crippen LogP contribution in [-0.4, -0.2) is 49.3 Å². The van der Waals surface area contributed by atoms with Crippen LogP contribution >= 0.6 is 0 Å². The van der Waals surface area contributed by atoms with Crippen LogP contribution in [0.4, 0.5) is 0 Å². The van der Waals surface area contributed by atoms with E-state index in [4.69, 9.17) is 4.74 Å². The van der Waals surface area contributed by atoms with E-state index in [1.807, 2.05) is 7.11 Å². The number of hydrogen-bond donors (Lipinski definition) is 1. The first-order chi connectivity index (χ1) is 8.49. The highest BCUT2D eigenvalue weighted by atomic mass is 16.5. The monoisotopic (exact) mass is 254 g/mol. The van der Waals surface area contributed by atoms with Crippen molar-refractivity contribution in [2.24, 2.45) is 5.92 Å². The van der Waals surface area contributed by atoms with Crippen molar-refractivity contribution in [3.8, 4) is 0 Å². The first kappa shape index (κ1) is 14.3. The number of hydrogen-bond acceptors (Lipinski definition) is 3. The number of methoxy groups -OCH3 is 1. The Morgan fingerprint density at radius 2 is 2.00 bits per heavy atom. The maximum atomic E-state index is 5.53. The molecule has 3 atom stereocenters. The predicted octanol–water partition coefficient (Wildman–Crippen LogP) is 2.26. The summed E-state index contributed by atoms with van der Waals surface area (Å²) in [6.07, 6.45) is 5.78. The third-order valence-corrected chi connectivity index (χ3v) is 4.48. The van der Waals surface area contributed by atoms with Crippen molar-refractivity contribution in [2.45, 2.75) is 64.1 Å². The second kappa shape index (κ2) is 5.89. The highest BCUT2D eigenvalue weighted by Gasteiger charge is 2.37. The summed E-state index contributed by atoms with van der Waals surface area (Å²) in [6.45, 7) is 10.3. The number of likely N-dealkylation sites (tertiary alicyclic amines) is 1. The van der Waals surface area contributed by atoms with Gasteiger partial charge in [0.05, 0.1) is 6.10 Å². The summed E-state index contributed by atoms with van der Waals surface area (Å²) in [4.78, 5) is 2.68. The van der Waals surface area contributed by atoms with Crippen LogP contribution in [0, 0.1) is 5.92 Å². The maximum absolute atomic E-state index is 5.53. The normalized spacial score (nSPS) is 34.3. The second-order valence-electron chi connectivity index (χ2n) is 7.03. The molecule has 1 N–H and O–H groups in total. The van der Waals surface area contributed by atoms with Crippen LogP contribution in [0.15, 0.2) is 0 Å². The Labute approximate surface area is 112 Å². The summed E-state index contributed by atoms with van der Waals surface area (Å²) >= 11 is 0. The number of rotatable bonds is 4. The van der Waals surface area contributed by atoms with Gasteiger partial charge in [-0.1, -0.05) is 0 Å². The van der Waals surface area contributed by atoms with E-state index in [9.17, 15) is 0 Å². The molecule has 0 bridgehead atoms. The molecule has 18 heavy (non-hydrogen) atoms. The SMILES string of the molecule is COC1CCCN(C2CCC2CNC(C)(C)C)C1. The molecule has 0 aromatic carbocycles. The summed E-state index contributed by atoms with van der Waals surface area (Å²) in [7, 11) is 1.85. The van der Waals surface area contributed by atoms with Gasteiger partial charge in [-0.25, -0.2) is 0 Å². The summed E-state index contributed by atoms with van der Waals surface area (Å²) in [6, 6.07) is 0.804. The van der Waals surface area contributed by atoms with Gasteiger partial charge in [0.25, 0.3) is 0 Å². The van der Waals surface area contributed by atoms with Crippen LogP contribution in [0.3, 0.4) is 0 Å². The van der Waals surface area contributed by atoms with E-state index in [2.05, 4.69) is 31.0 Å². The number of nitrogens with zero attached hydrogens (tertiary/aromatic N) is 1. The highest BCUT2D eigenvalue weighted by molar-refractivity contribution is 4.93. The van der Waals surface area contributed by atoms with Crippen molar-refractivity contribution < 1.29 is 4.74 Å². The van der Waals surface area contributed by atoms with Gasteiger partial charge in [-0.2, -0.15) is 0 Å². The Kier molecular flexibility index (Phi) is 4.68. The van der Waals surface area contributed by atoms with Gasteiger partial charge in [-0.05, 0) is 65.5 Å². The first-order valence-electron chi connectivity index (χ1n) is 7.51. The molecule has 0 spiro atoms. The molecular formula is C15H30N2O. The van der Waals surface area contributed by atoms with Gasteiger partial charge in [0, 0.05) is 25.2 Å². The lowest BCUT2D eigenvalue weighted by Gasteiger charge is -2.48. The van der Waals surface area contributed by atoms with E-state index in [-0.39, 0.29) is 5.54 Å². The molecule has 2 aliphatic rings. The summed E-state index contributed by atoms with van der Waals surface area (Å²) in [5.74, 6) is 0.847. The molecule has 0 amide bonds. The minimum absolute atomic E-state index is 0.247. The van der Waals surface area contributed by atoms with Gasteiger partial charge >= 0.3 is 0 Å². The van der Waals surface area contributed by atoms with Crippen molar-refractivity contribution in [1.82, 2.24) is 10.2 Å². The zero-order valence-electron chi connectivity index (χ0n) is 12.5. The molecule has 2 rings (SSSR count). The standard InChI is InChI=1S/C15H30N2O/c1-15(2,3)16-10-12-7-8-14(12)17-9-5-6-13(11-17)18-4/h12-14,16H,5-11H2,1-4H3. The van der Waals surface area contributed by atoms with E-state index < -0.39 is 0 Å². The van der Waals surface area contributed by atoms with Gasteiger partial charge in [-0.3, -0.25) is 4.90 Å². The molecule has 1 aliphatic carbocycles. The van der Waals surface area contributed by atoms with Crippen LogP contribution < -0.4 is 5.32 Å². The van der Waals surface area contributed by atoms with Crippen LogP contribution in [0.1, 0.15) is 46.5 Å². The molecule has 0 aromatic rings. The third-order valence-electron chi connectivity index (χ3n) is 4.48. The smallest absolute Gasteiger partial charge is 0.0698 e. The zero-order valence-corrected chi connectivity index (χ0v) is 12.5. The van der Waals surface area contributed by atoms with Crippen LogP contribution in [0.5, 0.6) is 0 Å². The quantitative estimate of drug-likeness (QED) is 0.833. The molecule has 3 nitrogen and oxygen atoms in total. The van der Waals surface area contributed by atoms with Crippen molar-refractivity contribution >= 4 is 0 Å². The fraction of sp³-hybridized carbons (Fsp3) is 1.00. The van der Waals surface area contributed by atoms with Gasteiger partial charge in [0.2, 0.25) is 0 Å². The molecule has 1 heterocycles. The molecule has 106 valence electrons. The van der Waals surface area contributed by atoms with Gasteiger partial charge in [-0.15, -0.1) is 0 Å². The van der Waals surface area contributed by atoms with Gasteiger partial charge in [0.1, 0.15) is 0 Å². The molecule has 1 saturated carbocycles. The van der Waals surface area contributed by atoms with Crippen molar-refractivity contribution in [3.05, 3.63) is 0 Å². The average Bonchev–Trinajstić information content (AvgIpc) is 2.26. The van der Waals surface area contributed by atoms with E-state index in [0.717, 1.165) is 18.5 Å².